The van der Waals surface area contributed by atoms with Crippen LogP contribution in [0.2, 0.25) is 0 Å². The van der Waals surface area contributed by atoms with Gasteiger partial charge in [-0.2, -0.15) is 0 Å². The molecule has 0 aliphatic rings. The van der Waals surface area contributed by atoms with Gasteiger partial charge in [-0.05, 0) is 13.8 Å². The van der Waals surface area contributed by atoms with E-state index < -0.39 is 5.54 Å². The molecule has 0 aliphatic carbocycles. The van der Waals surface area contributed by atoms with Crippen LogP contribution < -0.4 is 16.8 Å². The molecule has 0 aliphatic heterocycles. The van der Waals surface area contributed by atoms with Gasteiger partial charge in [0.25, 0.3) is 0 Å². The van der Waals surface area contributed by atoms with Crippen LogP contribution in [0.5, 0.6) is 0 Å². The van der Waals surface area contributed by atoms with Gasteiger partial charge in [0.2, 0.25) is 5.91 Å². The Morgan fingerprint density at radius 2 is 2.10 bits per heavy atom. The molecule has 1 amide bonds. The zero-order chi connectivity index (χ0) is 8.20. The van der Waals surface area contributed by atoms with Gasteiger partial charge in [-0.25, -0.2) is 0 Å². The van der Waals surface area contributed by atoms with E-state index >= 15 is 0 Å². The number of rotatable bonds is 3. The summed E-state index contributed by atoms with van der Waals surface area (Å²) in [5.74, 6) is -0.169. The number of amides is 1. The maximum absolute atomic E-state index is 10.9. The van der Waals surface area contributed by atoms with Crippen LogP contribution in [0.15, 0.2) is 0 Å². The Hall–Kier alpha value is -0.610. The highest BCUT2D eigenvalue weighted by molar-refractivity contribution is 5.84. The third-order valence-electron chi connectivity index (χ3n) is 1.02. The van der Waals surface area contributed by atoms with Crippen LogP contribution in [0, 0.1) is 0 Å². The third-order valence-corrected chi connectivity index (χ3v) is 1.02. The van der Waals surface area contributed by atoms with Crippen molar-refractivity contribution in [2.45, 2.75) is 19.4 Å². The summed E-state index contributed by atoms with van der Waals surface area (Å²) in [5.41, 5.74) is 9.83. The first-order chi connectivity index (χ1) is 4.48. The van der Waals surface area contributed by atoms with E-state index in [0.717, 1.165) is 0 Å². The Bertz CT molecular complexity index is 117. The molecule has 0 aromatic heterocycles. The Morgan fingerprint density at radius 3 is 2.40 bits per heavy atom. The second kappa shape index (κ2) is 3.53. The molecule has 0 aromatic carbocycles. The molecule has 5 N–H and O–H groups in total. The van der Waals surface area contributed by atoms with E-state index in [4.69, 9.17) is 11.5 Å². The maximum atomic E-state index is 10.9. The monoisotopic (exact) mass is 145 g/mol. The van der Waals surface area contributed by atoms with Crippen LogP contribution in [0.3, 0.4) is 0 Å². The number of carbonyl (C=O) groups is 1. The predicted octanol–water partition coefficient (Wildman–Crippen LogP) is -1.20. The SMILES string of the molecule is CC(C)(N)C(=O)NCCN. The third kappa shape index (κ3) is 3.42. The van der Waals surface area contributed by atoms with E-state index in [9.17, 15) is 4.79 Å². The first kappa shape index (κ1) is 9.39. The van der Waals surface area contributed by atoms with Crippen LogP contribution in [0.4, 0.5) is 0 Å². The number of hydrogen-bond acceptors (Lipinski definition) is 3. The van der Waals surface area contributed by atoms with Crippen molar-refractivity contribution in [2.75, 3.05) is 13.1 Å². The number of nitrogens with one attached hydrogen (secondary N) is 1. The smallest absolute Gasteiger partial charge is 0.239 e. The van der Waals surface area contributed by atoms with Crippen LogP contribution in [-0.4, -0.2) is 24.5 Å². The van der Waals surface area contributed by atoms with Crippen molar-refractivity contribution in [1.82, 2.24) is 5.32 Å². The minimum Gasteiger partial charge on any atom is -0.353 e. The second-order valence-electron chi connectivity index (χ2n) is 2.77. The van der Waals surface area contributed by atoms with Gasteiger partial charge in [0.1, 0.15) is 0 Å². The van der Waals surface area contributed by atoms with Crippen LogP contribution in [0.25, 0.3) is 0 Å². The van der Waals surface area contributed by atoms with Crippen LogP contribution in [0.1, 0.15) is 13.8 Å². The van der Waals surface area contributed by atoms with Crippen molar-refractivity contribution >= 4 is 5.91 Å². The molecule has 0 saturated carbocycles. The number of nitrogens with two attached hydrogens (primary N) is 2. The number of hydrogen-bond donors (Lipinski definition) is 3. The summed E-state index contributed by atoms with van der Waals surface area (Å²) in [6, 6.07) is 0. The molecule has 0 unspecified atom stereocenters. The quantitative estimate of drug-likeness (QED) is 0.466. The standard InChI is InChI=1S/C6H15N3O/c1-6(2,8)5(10)9-4-3-7/h3-4,7-8H2,1-2H3,(H,9,10). The van der Waals surface area contributed by atoms with Gasteiger partial charge in [-0.3, -0.25) is 4.79 Å². The molecule has 0 rings (SSSR count). The minimum absolute atomic E-state index is 0.169. The summed E-state index contributed by atoms with van der Waals surface area (Å²) in [7, 11) is 0. The topological polar surface area (TPSA) is 81.1 Å². The predicted molar refractivity (Wildman–Crippen MR) is 40.3 cm³/mol. The molecule has 0 heterocycles. The first-order valence-corrected chi connectivity index (χ1v) is 3.25. The van der Waals surface area contributed by atoms with Gasteiger partial charge in [-0.15, -0.1) is 0 Å². The van der Waals surface area contributed by atoms with E-state index in [1.54, 1.807) is 13.8 Å². The summed E-state index contributed by atoms with van der Waals surface area (Å²) < 4.78 is 0. The molecule has 0 aromatic rings. The molecule has 0 radical (unpaired) electrons. The van der Waals surface area contributed by atoms with Crippen molar-refractivity contribution < 1.29 is 4.79 Å². The van der Waals surface area contributed by atoms with Gasteiger partial charge in [0.05, 0.1) is 5.54 Å². The van der Waals surface area contributed by atoms with Crippen molar-refractivity contribution in [3.8, 4) is 0 Å². The summed E-state index contributed by atoms with van der Waals surface area (Å²) in [6.45, 7) is 4.24. The average Bonchev–Trinajstić information content (AvgIpc) is 1.80. The van der Waals surface area contributed by atoms with Crippen LogP contribution in [-0.2, 0) is 4.79 Å². The van der Waals surface area contributed by atoms with Gasteiger partial charge >= 0.3 is 0 Å². The van der Waals surface area contributed by atoms with Crippen molar-refractivity contribution in [2.24, 2.45) is 11.5 Å². The fraction of sp³-hybridized carbons (Fsp3) is 0.833. The van der Waals surface area contributed by atoms with Gasteiger partial charge in [0, 0.05) is 13.1 Å². The normalized spacial score (nSPS) is 11.2. The molecule has 0 saturated heterocycles. The maximum Gasteiger partial charge on any atom is 0.239 e. The molecule has 60 valence electrons. The lowest BCUT2D eigenvalue weighted by atomic mass is 10.1. The van der Waals surface area contributed by atoms with Crippen molar-refractivity contribution in [3.63, 3.8) is 0 Å². The lowest BCUT2D eigenvalue weighted by Gasteiger charge is -2.16. The molecular formula is C6H15N3O. The highest BCUT2D eigenvalue weighted by Gasteiger charge is 2.20. The van der Waals surface area contributed by atoms with Crippen LogP contribution >= 0.6 is 0 Å². The molecule has 4 nitrogen and oxygen atoms in total. The van der Waals surface area contributed by atoms with E-state index in [0.29, 0.717) is 13.1 Å². The molecular weight excluding hydrogens is 130 g/mol. The molecule has 0 atom stereocenters. The van der Waals surface area contributed by atoms with E-state index in [1.807, 2.05) is 0 Å². The van der Waals surface area contributed by atoms with Gasteiger partial charge < -0.3 is 16.8 Å². The Balaban J connectivity index is 3.64. The summed E-state index contributed by atoms with van der Waals surface area (Å²) in [5, 5.41) is 2.58. The average molecular weight is 145 g/mol. The zero-order valence-corrected chi connectivity index (χ0v) is 6.48. The molecule has 0 fully saturated rings. The second-order valence-corrected chi connectivity index (χ2v) is 2.77. The fourth-order valence-electron chi connectivity index (χ4n) is 0.414. The summed E-state index contributed by atoms with van der Waals surface area (Å²) in [4.78, 5) is 10.9. The van der Waals surface area contributed by atoms with E-state index in [-0.39, 0.29) is 5.91 Å². The highest BCUT2D eigenvalue weighted by Crippen LogP contribution is 1.94. The molecule has 0 spiro atoms. The van der Waals surface area contributed by atoms with E-state index in [2.05, 4.69) is 5.32 Å². The Kier molecular flexibility index (Phi) is 3.32. The summed E-state index contributed by atoms with van der Waals surface area (Å²) in [6.07, 6.45) is 0. The minimum atomic E-state index is -0.796. The Morgan fingerprint density at radius 1 is 1.60 bits per heavy atom. The number of carbonyl (C=O) groups excluding carboxylic acids is 1. The lowest BCUT2D eigenvalue weighted by Crippen LogP contribution is -2.50. The van der Waals surface area contributed by atoms with Crippen molar-refractivity contribution in [3.05, 3.63) is 0 Å². The molecule has 4 heteroatoms. The molecule has 0 bridgehead atoms. The van der Waals surface area contributed by atoms with Crippen molar-refractivity contribution in [1.29, 1.82) is 0 Å². The van der Waals surface area contributed by atoms with Gasteiger partial charge in [-0.1, -0.05) is 0 Å². The lowest BCUT2D eigenvalue weighted by molar-refractivity contribution is -0.125. The molecule has 10 heavy (non-hydrogen) atoms. The first-order valence-electron chi connectivity index (χ1n) is 3.25. The fourth-order valence-corrected chi connectivity index (χ4v) is 0.414. The highest BCUT2D eigenvalue weighted by atomic mass is 16.2. The van der Waals surface area contributed by atoms with E-state index in [1.165, 1.54) is 0 Å². The Labute approximate surface area is 61.0 Å². The zero-order valence-electron chi connectivity index (χ0n) is 6.48. The largest absolute Gasteiger partial charge is 0.353 e. The summed E-state index contributed by atoms with van der Waals surface area (Å²) >= 11 is 0. The van der Waals surface area contributed by atoms with Gasteiger partial charge in [0.15, 0.2) is 0 Å².